The standard InChI is InChI=1S/C15H11BrFNO2/c16-12-7-11(17)5-6-13(12)18-8-10-3-1-2-4-14(10)20-9-15(18)19/h1-7H,8-9H2. The molecule has 0 saturated carbocycles. The summed E-state index contributed by atoms with van der Waals surface area (Å²) in [6.45, 7) is 0.375. The molecule has 3 rings (SSSR count). The summed E-state index contributed by atoms with van der Waals surface area (Å²) in [5.41, 5.74) is 1.56. The van der Waals surface area contributed by atoms with E-state index in [0.717, 1.165) is 5.56 Å². The Hall–Kier alpha value is -1.88. The summed E-state index contributed by atoms with van der Waals surface area (Å²) in [7, 11) is 0. The maximum atomic E-state index is 13.2. The van der Waals surface area contributed by atoms with E-state index in [1.807, 2.05) is 24.3 Å². The van der Waals surface area contributed by atoms with Crippen molar-refractivity contribution in [3.8, 4) is 5.75 Å². The first-order valence-corrected chi connectivity index (χ1v) is 6.90. The number of carbonyl (C=O) groups excluding carboxylic acids is 1. The summed E-state index contributed by atoms with van der Waals surface area (Å²) in [6, 6.07) is 11.8. The highest BCUT2D eigenvalue weighted by Gasteiger charge is 2.24. The molecular weight excluding hydrogens is 325 g/mol. The molecule has 3 nitrogen and oxygen atoms in total. The lowest BCUT2D eigenvalue weighted by Crippen LogP contribution is -2.32. The number of carbonyl (C=O) groups is 1. The van der Waals surface area contributed by atoms with Crippen LogP contribution in [0.25, 0.3) is 0 Å². The number of hydrogen-bond acceptors (Lipinski definition) is 2. The van der Waals surface area contributed by atoms with Gasteiger partial charge in [0.1, 0.15) is 11.6 Å². The van der Waals surface area contributed by atoms with Crippen LogP contribution in [0.4, 0.5) is 10.1 Å². The Balaban J connectivity index is 2.02. The van der Waals surface area contributed by atoms with Crippen molar-refractivity contribution < 1.29 is 13.9 Å². The van der Waals surface area contributed by atoms with Crippen LogP contribution in [-0.2, 0) is 11.3 Å². The van der Waals surface area contributed by atoms with Gasteiger partial charge in [0.25, 0.3) is 5.91 Å². The molecule has 0 spiro atoms. The number of halogens is 2. The molecule has 0 atom stereocenters. The molecule has 102 valence electrons. The van der Waals surface area contributed by atoms with Crippen LogP contribution in [0, 0.1) is 5.82 Å². The van der Waals surface area contributed by atoms with Gasteiger partial charge in [0, 0.05) is 10.0 Å². The number of fused-ring (bicyclic) bond motifs is 1. The molecule has 0 saturated heterocycles. The Labute approximate surface area is 124 Å². The van der Waals surface area contributed by atoms with Crippen LogP contribution < -0.4 is 9.64 Å². The second-order valence-corrected chi connectivity index (χ2v) is 5.33. The third-order valence-electron chi connectivity index (χ3n) is 3.15. The zero-order valence-corrected chi connectivity index (χ0v) is 12.1. The minimum atomic E-state index is -0.348. The Morgan fingerprint density at radius 3 is 2.80 bits per heavy atom. The Morgan fingerprint density at radius 1 is 1.20 bits per heavy atom. The number of rotatable bonds is 1. The fraction of sp³-hybridized carbons (Fsp3) is 0.133. The molecule has 0 radical (unpaired) electrons. The van der Waals surface area contributed by atoms with Crippen LogP contribution >= 0.6 is 15.9 Å². The van der Waals surface area contributed by atoms with Gasteiger partial charge in [0.15, 0.2) is 6.61 Å². The van der Waals surface area contributed by atoms with Crippen LogP contribution in [0.1, 0.15) is 5.56 Å². The second kappa shape index (κ2) is 5.25. The van der Waals surface area contributed by atoms with E-state index in [0.29, 0.717) is 22.5 Å². The number of benzene rings is 2. The molecule has 20 heavy (non-hydrogen) atoms. The predicted molar refractivity (Wildman–Crippen MR) is 77.2 cm³/mol. The largest absolute Gasteiger partial charge is 0.483 e. The highest BCUT2D eigenvalue weighted by Crippen LogP contribution is 2.31. The molecular formula is C15H11BrFNO2. The zero-order valence-electron chi connectivity index (χ0n) is 10.5. The van der Waals surface area contributed by atoms with E-state index in [9.17, 15) is 9.18 Å². The maximum Gasteiger partial charge on any atom is 0.265 e. The molecule has 2 aromatic rings. The number of para-hydroxylation sites is 1. The van der Waals surface area contributed by atoms with E-state index in [-0.39, 0.29) is 18.3 Å². The van der Waals surface area contributed by atoms with E-state index >= 15 is 0 Å². The van der Waals surface area contributed by atoms with Crippen molar-refractivity contribution in [3.63, 3.8) is 0 Å². The molecule has 1 aliphatic heterocycles. The van der Waals surface area contributed by atoms with Crippen molar-refractivity contribution in [2.45, 2.75) is 6.54 Å². The van der Waals surface area contributed by atoms with Crippen molar-refractivity contribution >= 4 is 27.5 Å². The third kappa shape index (κ3) is 2.41. The van der Waals surface area contributed by atoms with Crippen LogP contribution in [0.3, 0.4) is 0 Å². The normalized spacial score (nSPS) is 14.5. The number of ether oxygens (including phenoxy) is 1. The van der Waals surface area contributed by atoms with E-state index in [1.165, 1.54) is 12.1 Å². The van der Waals surface area contributed by atoms with Crippen molar-refractivity contribution in [1.82, 2.24) is 0 Å². The molecule has 0 fully saturated rings. The van der Waals surface area contributed by atoms with Gasteiger partial charge in [-0.3, -0.25) is 4.79 Å². The maximum absolute atomic E-state index is 13.2. The SMILES string of the molecule is O=C1COc2ccccc2CN1c1ccc(F)cc1Br. The monoisotopic (exact) mass is 335 g/mol. The summed E-state index contributed by atoms with van der Waals surface area (Å²) in [5.74, 6) is 0.203. The summed E-state index contributed by atoms with van der Waals surface area (Å²) in [5, 5.41) is 0. The van der Waals surface area contributed by atoms with E-state index in [1.54, 1.807) is 11.0 Å². The summed E-state index contributed by atoms with van der Waals surface area (Å²) >= 11 is 3.30. The minimum absolute atomic E-state index is 0.0270. The van der Waals surface area contributed by atoms with Crippen LogP contribution in [0.15, 0.2) is 46.9 Å². The molecule has 1 heterocycles. The van der Waals surface area contributed by atoms with E-state index < -0.39 is 0 Å². The second-order valence-electron chi connectivity index (χ2n) is 4.47. The van der Waals surface area contributed by atoms with Crippen LogP contribution in [0.2, 0.25) is 0 Å². The molecule has 0 aromatic heterocycles. The Bertz CT molecular complexity index is 675. The van der Waals surface area contributed by atoms with Gasteiger partial charge < -0.3 is 9.64 Å². The van der Waals surface area contributed by atoms with Crippen molar-refractivity contribution in [2.24, 2.45) is 0 Å². The molecule has 0 N–H and O–H groups in total. The average Bonchev–Trinajstić information content (AvgIpc) is 2.59. The van der Waals surface area contributed by atoms with Crippen LogP contribution in [-0.4, -0.2) is 12.5 Å². The molecule has 5 heteroatoms. The summed E-state index contributed by atoms with van der Waals surface area (Å²) in [6.07, 6.45) is 0. The van der Waals surface area contributed by atoms with Gasteiger partial charge in [-0.25, -0.2) is 4.39 Å². The first kappa shape index (κ1) is 13.1. The van der Waals surface area contributed by atoms with E-state index in [2.05, 4.69) is 15.9 Å². The lowest BCUT2D eigenvalue weighted by molar-refractivity contribution is -0.120. The highest BCUT2D eigenvalue weighted by molar-refractivity contribution is 9.10. The van der Waals surface area contributed by atoms with E-state index in [4.69, 9.17) is 4.74 Å². The topological polar surface area (TPSA) is 29.5 Å². The first-order chi connectivity index (χ1) is 9.65. The summed E-state index contributed by atoms with van der Waals surface area (Å²) < 4.78 is 19.2. The lowest BCUT2D eigenvalue weighted by atomic mass is 10.2. The quantitative estimate of drug-likeness (QED) is 0.798. The van der Waals surface area contributed by atoms with Crippen molar-refractivity contribution in [1.29, 1.82) is 0 Å². The molecule has 0 aliphatic carbocycles. The molecule has 0 bridgehead atoms. The van der Waals surface area contributed by atoms with Crippen LogP contribution in [0.5, 0.6) is 5.75 Å². The van der Waals surface area contributed by atoms with Crippen molar-refractivity contribution in [3.05, 3.63) is 58.3 Å². The van der Waals surface area contributed by atoms with Crippen molar-refractivity contribution in [2.75, 3.05) is 11.5 Å². The number of anilines is 1. The van der Waals surface area contributed by atoms with Gasteiger partial charge in [-0.05, 0) is 40.2 Å². The number of amides is 1. The fourth-order valence-electron chi connectivity index (χ4n) is 2.17. The summed E-state index contributed by atoms with van der Waals surface area (Å²) in [4.78, 5) is 13.8. The molecule has 1 amide bonds. The van der Waals surface area contributed by atoms with Gasteiger partial charge in [-0.2, -0.15) is 0 Å². The zero-order chi connectivity index (χ0) is 14.1. The lowest BCUT2D eigenvalue weighted by Gasteiger charge is -2.21. The molecule has 2 aromatic carbocycles. The predicted octanol–water partition coefficient (Wildman–Crippen LogP) is 3.51. The molecule has 1 aliphatic rings. The number of nitrogens with zero attached hydrogens (tertiary/aromatic N) is 1. The fourth-order valence-corrected chi connectivity index (χ4v) is 2.74. The number of hydrogen-bond donors (Lipinski definition) is 0. The minimum Gasteiger partial charge on any atom is -0.483 e. The van der Waals surface area contributed by atoms with Gasteiger partial charge in [-0.15, -0.1) is 0 Å². The Kier molecular flexibility index (Phi) is 3.44. The molecule has 0 unspecified atom stereocenters. The average molecular weight is 336 g/mol. The first-order valence-electron chi connectivity index (χ1n) is 6.11. The Morgan fingerprint density at radius 2 is 2.00 bits per heavy atom. The smallest absolute Gasteiger partial charge is 0.265 e. The van der Waals surface area contributed by atoms with Gasteiger partial charge >= 0.3 is 0 Å². The van der Waals surface area contributed by atoms with Gasteiger partial charge in [0.2, 0.25) is 0 Å². The van der Waals surface area contributed by atoms with Gasteiger partial charge in [0.05, 0.1) is 12.2 Å². The van der Waals surface area contributed by atoms with Gasteiger partial charge in [-0.1, -0.05) is 18.2 Å². The highest BCUT2D eigenvalue weighted by atomic mass is 79.9. The third-order valence-corrected chi connectivity index (χ3v) is 3.79.